The van der Waals surface area contributed by atoms with E-state index in [-0.39, 0.29) is 0 Å². The van der Waals surface area contributed by atoms with Crippen molar-refractivity contribution in [2.45, 2.75) is 24.0 Å². The van der Waals surface area contributed by atoms with E-state index in [2.05, 4.69) is 32.2 Å². The van der Waals surface area contributed by atoms with Crippen LogP contribution in [0.3, 0.4) is 0 Å². The van der Waals surface area contributed by atoms with E-state index in [0.717, 1.165) is 18.1 Å². The number of ether oxygens (including phenoxy) is 1. The van der Waals surface area contributed by atoms with Crippen LogP contribution in [-0.4, -0.2) is 23.9 Å². The molecule has 0 atom stereocenters. The highest BCUT2D eigenvalue weighted by Crippen LogP contribution is 2.39. The molecule has 1 rings (SSSR count). The average molecular weight is 274 g/mol. The fourth-order valence-electron chi connectivity index (χ4n) is 1.02. The third kappa shape index (κ3) is 5.41. The van der Waals surface area contributed by atoms with Gasteiger partial charge in [-0.25, -0.2) is 0 Å². The quantitative estimate of drug-likeness (QED) is 0.531. The van der Waals surface area contributed by atoms with Gasteiger partial charge < -0.3 is 4.74 Å². The normalized spacial score (nSPS) is 10.8. The number of benzene rings is 1. The van der Waals surface area contributed by atoms with Crippen molar-refractivity contribution in [2.75, 3.05) is 18.6 Å². The Hall–Kier alpha value is 0.0700. The SMILES string of the molecule is CSCCOc1ccccc1SSC(C)C. The lowest BCUT2D eigenvalue weighted by Crippen LogP contribution is -2.00. The second-order valence-electron chi connectivity index (χ2n) is 3.52. The molecule has 0 spiro atoms. The molecule has 0 unspecified atom stereocenters. The first-order valence-electron chi connectivity index (χ1n) is 5.28. The number of hydrogen-bond donors (Lipinski definition) is 0. The van der Waals surface area contributed by atoms with Gasteiger partial charge in [0.15, 0.2) is 0 Å². The smallest absolute Gasteiger partial charge is 0.133 e. The van der Waals surface area contributed by atoms with E-state index in [1.165, 1.54) is 4.90 Å². The predicted octanol–water partition coefficient (Wildman–Crippen LogP) is 4.58. The molecular weight excluding hydrogens is 256 g/mol. The third-order valence-electron chi connectivity index (χ3n) is 1.72. The van der Waals surface area contributed by atoms with Gasteiger partial charge in [0.25, 0.3) is 0 Å². The van der Waals surface area contributed by atoms with Gasteiger partial charge in [0.05, 0.1) is 11.5 Å². The van der Waals surface area contributed by atoms with Crippen LogP contribution in [0.15, 0.2) is 29.2 Å². The molecule has 0 saturated carbocycles. The molecule has 1 nitrogen and oxygen atoms in total. The van der Waals surface area contributed by atoms with Gasteiger partial charge in [-0.2, -0.15) is 11.8 Å². The highest BCUT2D eigenvalue weighted by Gasteiger charge is 2.05. The van der Waals surface area contributed by atoms with Gasteiger partial charge in [-0.15, -0.1) is 0 Å². The minimum Gasteiger partial charge on any atom is -0.492 e. The summed E-state index contributed by atoms with van der Waals surface area (Å²) in [4.78, 5) is 1.22. The van der Waals surface area contributed by atoms with Crippen LogP contribution in [0.1, 0.15) is 13.8 Å². The van der Waals surface area contributed by atoms with Gasteiger partial charge in [0.2, 0.25) is 0 Å². The first-order chi connectivity index (χ1) is 7.74. The molecule has 0 N–H and O–H groups in total. The largest absolute Gasteiger partial charge is 0.492 e. The molecule has 0 aliphatic carbocycles. The molecule has 1 aromatic rings. The lowest BCUT2D eigenvalue weighted by atomic mass is 10.3. The molecule has 0 amide bonds. The van der Waals surface area contributed by atoms with Crippen molar-refractivity contribution in [3.05, 3.63) is 24.3 Å². The van der Waals surface area contributed by atoms with Crippen molar-refractivity contribution in [2.24, 2.45) is 0 Å². The zero-order chi connectivity index (χ0) is 11.8. The van der Waals surface area contributed by atoms with Gasteiger partial charge in [0.1, 0.15) is 5.75 Å². The first kappa shape index (κ1) is 14.1. The Morgan fingerprint density at radius 1 is 1.25 bits per heavy atom. The van der Waals surface area contributed by atoms with Crippen LogP contribution < -0.4 is 4.74 Å². The zero-order valence-corrected chi connectivity index (χ0v) is 12.4. The molecule has 1 aromatic carbocycles. The standard InChI is InChI=1S/C12H18OS3/c1-10(2)15-16-12-7-5-4-6-11(12)13-8-9-14-3/h4-7,10H,8-9H2,1-3H3. The van der Waals surface area contributed by atoms with Gasteiger partial charge in [-0.1, -0.05) is 47.6 Å². The molecule has 0 heterocycles. The van der Waals surface area contributed by atoms with E-state index in [9.17, 15) is 0 Å². The highest BCUT2D eigenvalue weighted by atomic mass is 33.1. The number of para-hydroxylation sites is 1. The Labute approximate surface area is 111 Å². The molecular formula is C12H18OS3. The Bertz CT molecular complexity index is 302. The monoisotopic (exact) mass is 274 g/mol. The van der Waals surface area contributed by atoms with Crippen molar-refractivity contribution in [1.29, 1.82) is 0 Å². The van der Waals surface area contributed by atoms with E-state index in [1.807, 2.05) is 34.7 Å². The fraction of sp³-hybridized carbons (Fsp3) is 0.500. The number of hydrogen-bond acceptors (Lipinski definition) is 4. The molecule has 90 valence electrons. The zero-order valence-electron chi connectivity index (χ0n) is 9.93. The second kappa shape index (κ2) is 8.20. The van der Waals surface area contributed by atoms with Crippen LogP contribution in [0.25, 0.3) is 0 Å². The predicted molar refractivity (Wildman–Crippen MR) is 78.9 cm³/mol. The van der Waals surface area contributed by atoms with Crippen molar-refractivity contribution >= 4 is 33.3 Å². The maximum Gasteiger partial charge on any atom is 0.133 e. The molecule has 0 aliphatic heterocycles. The fourth-order valence-corrected chi connectivity index (χ4v) is 3.21. The van der Waals surface area contributed by atoms with Crippen LogP contribution >= 0.6 is 33.3 Å². The van der Waals surface area contributed by atoms with Gasteiger partial charge >= 0.3 is 0 Å². The molecule has 16 heavy (non-hydrogen) atoms. The molecule has 0 aromatic heterocycles. The van der Waals surface area contributed by atoms with Crippen LogP contribution in [0, 0.1) is 0 Å². The number of rotatable bonds is 7. The summed E-state index contributed by atoms with van der Waals surface area (Å²) < 4.78 is 5.75. The van der Waals surface area contributed by atoms with Crippen LogP contribution in [0.4, 0.5) is 0 Å². The maximum atomic E-state index is 5.75. The Morgan fingerprint density at radius 2 is 2.00 bits per heavy atom. The topological polar surface area (TPSA) is 9.23 Å². The summed E-state index contributed by atoms with van der Waals surface area (Å²) in [5.41, 5.74) is 0. The molecule has 0 bridgehead atoms. The minimum atomic E-state index is 0.629. The van der Waals surface area contributed by atoms with E-state index in [0.29, 0.717) is 5.25 Å². The van der Waals surface area contributed by atoms with E-state index >= 15 is 0 Å². The summed E-state index contributed by atoms with van der Waals surface area (Å²) in [6.07, 6.45) is 2.10. The second-order valence-corrected chi connectivity index (χ2v) is 7.32. The Kier molecular flexibility index (Phi) is 7.25. The molecule has 4 heteroatoms. The molecule has 0 radical (unpaired) electrons. The summed E-state index contributed by atoms with van der Waals surface area (Å²) in [5, 5.41) is 0.629. The van der Waals surface area contributed by atoms with Crippen molar-refractivity contribution in [1.82, 2.24) is 0 Å². The molecule has 0 fully saturated rings. The van der Waals surface area contributed by atoms with Gasteiger partial charge in [0, 0.05) is 11.0 Å². The summed E-state index contributed by atoms with van der Waals surface area (Å²) in [5.74, 6) is 2.05. The van der Waals surface area contributed by atoms with Crippen molar-refractivity contribution < 1.29 is 4.74 Å². The Balaban J connectivity index is 2.53. The van der Waals surface area contributed by atoms with Crippen LogP contribution in [-0.2, 0) is 0 Å². The van der Waals surface area contributed by atoms with Crippen molar-refractivity contribution in [3.63, 3.8) is 0 Å². The van der Waals surface area contributed by atoms with Crippen LogP contribution in [0.2, 0.25) is 0 Å². The minimum absolute atomic E-state index is 0.629. The van der Waals surface area contributed by atoms with E-state index in [1.54, 1.807) is 10.8 Å². The van der Waals surface area contributed by atoms with Gasteiger partial charge in [-0.3, -0.25) is 0 Å². The van der Waals surface area contributed by atoms with Crippen LogP contribution in [0.5, 0.6) is 5.75 Å². The molecule has 0 aliphatic rings. The maximum absolute atomic E-state index is 5.75. The van der Waals surface area contributed by atoms with Gasteiger partial charge in [-0.05, 0) is 18.4 Å². The third-order valence-corrected chi connectivity index (χ3v) is 5.28. The summed E-state index contributed by atoms with van der Waals surface area (Å²) in [6.45, 7) is 5.19. The summed E-state index contributed by atoms with van der Waals surface area (Å²) >= 11 is 1.81. The Morgan fingerprint density at radius 3 is 2.69 bits per heavy atom. The van der Waals surface area contributed by atoms with Crippen molar-refractivity contribution in [3.8, 4) is 5.75 Å². The average Bonchev–Trinajstić information content (AvgIpc) is 2.28. The highest BCUT2D eigenvalue weighted by molar-refractivity contribution is 8.77. The lowest BCUT2D eigenvalue weighted by Gasteiger charge is -2.10. The summed E-state index contributed by atoms with van der Waals surface area (Å²) in [6, 6.07) is 8.25. The lowest BCUT2D eigenvalue weighted by molar-refractivity contribution is 0.336. The van der Waals surface area contributed by atoms with E-state index < -0.39 is 0 Å². The number of thioether (sulfide) groups is 1. The first-order valence-corrected chi connectivity index (χ1v) is 8.89. The van der Waals surface area contributed by atoms with E-state index in [4.69, 9.17) is 4.74 Å². The molecule has 0 saturated heterocycles. The summed E-state index contributed by atoms with van der Waals surface area (Å²) in [7, 11) is 3.67.